The highest BCUT2D eigenvalue weighted by molar-refractivity contribution is 5.98. The summed E-state index contributed by atoms with van der Waals surface area (Å²) in [6.45, 7) is 3.07. The van der Waals surface area contributed by atoms with Crippen molar-refractivity contribution in [1.29, 1.82) is 0 Å². The molecule has 1 N–H and O–H groups in total. The third-order valence-electron chi connectivity index (χ3n) is 5.20. The van der Waals surface area contributed by atoms with Crippen molar-refractivity contribution >= 4 is 16.8 Å². The van der Waals surface area contributed by atoms with E-state index in [2.05, 4.69) is 15.1 Å². The summed E-state index contributed by atoms with van der Waals surface area (Å²) in [5, 5.41) is 5.28. The second-order valence-corrected chi connectivity index (χ2v) is 6.97. The first-order chi connectivity index (χ1) is 13.6. The lowest BCUT2D eigenvalue weighted by Gasteiger charge is -2.32. The van der Waals surface area contributed by atoms with Crippen LogP contribution in [0.3, 0.4) is 0 Å². The summed E-state index contributed by atoms with van der Waals surface area (Å²) in [5.41, 5.74) is 2.14. The summed E-state index contributed by atoms with van der Waals surface area (Å²) < 4.78 is 15.3. The average Bonchev–Trinajstić information content (AvgIpc) is 3.33. The largest absolute Gasteiger partial charge is 0.351 e. The summed E-state index contributed by atoms with van der Waals surface area (Å²) >= 11 is 0. The van der Waals surface area contributed by atoms with E-state index in [0.717, 1.165) is 16.9 Å². The quantitative estimate of drug-likeness (QED) is 0.580. The molecule has 0 radical (unpaired) electrons. The Morgan fingerprint density at radius 2 is 1.96 bits per heavy atom. The van der Waals surface area contributed by atoms with Gasteiger partial charge in [-0.25, -0.2) is 14.1 Å². The molecule has 0 bridgehead atoms. The van der Waals surface area contributed by atoms with Crippen LogP contribution in [0.15, 0.2) is 54.6 Å². The number of hydrogen-bond acceptors (Lipinski definition) is 3. The minimum Gasteiger partial charge on any atom is -0.351 e. The first kappa shape index (κ1) is 16.7. The number of aromatic amines is 1. The molecule has 3 heterocycles. The molecule has 0 saturated heterocycles. The SMILES string of the molecule is C[C@H]1c2nc(-c3ccccc3)nn2CCN1C(=O)c1cc2cc(F)ccc2[nH]1. The van der Waals surface area contributed by atoms with Crippen LogP contribution in [0.5, 0.6) is 0 Å². The first-order valence-corrected chi connectivity index (χ1v) is 9.19. The van der Waals surface area contributed by atoms with Crippen molar-refractivity contribution in [3.05, 3.63) is 71.9 Å². The van der Waals surface area contributed by atoms with E-state index in [4.69, 9.17) is 0 Å². The van der Waals surface area contributed by atoms with E-state index < -0.39 is 0 Å². The molecule has 5 rings (SSSR count). The zero-order chi connectivity index (χ0) is 19.3. The van der Waals surface area contributed by atoms with Gasteiger partial charge in [-0.1, -0.05) is 30.3 Å². The van der Waals surface area contributed by atoms with Crippen LogP contribution in [0.4, 0.5) is 4.39 Å². The van der Waals surface area contributed by atoms with Gasteiger partial charge in [0, 0.05) is 23.0 Å². The van der Waals surface area contributed by atoms with Crippen LogP contribution >= 0.6 is 0 Å². The van der Waals surface area contributed by atoms with Gasteiger partial charge in [-0.05, 0) is 31.2 Å². The van der Waals surface area contributed by atoms with Gasteiger partial charge in [0.25, 0.3) is 5.91 Å². The molecule has 0 saturated carbocycles. The van der Waals surface area contributed by atoms with Crippen molar-refractivity contribution in [2.75, 3.05) is 6.54 Å². The van der Waals surface area contributed by atoms with Gasteiger partial charge in [-0.2, -0.15) is 5.10 Å². The van der Waals surface area contributed by atoms with Crippen LogP contribution in [0.1, 0.15) is 29.3 Å². The van der Waals surface area contributed by atoms with E-state index in [1.165, 1.54) is 12.1 Å². The summed E-state index contributed by atoms with van der Waals surface area (Å²) in [5.74, 6) is 0.983. The number of carbonyl (C=O) groups is 1. The maximum atomic E-state index is 13.4. The number of nitrogens with zero attached hydrogens (tertiary/aromatic N) is 4. The lowest BCUT2D eigenvalue weighted by molar-refractivity contribution is 0.0625. The molecule has 4 aromatic rings. The van der Waals surface area contributed by atoms with Crippen molar-refractivity contribution in [3.8, 4) is 11.4 Å². The van der Waals surface area contributed by atoms with Gasteiger partial charge in [0.05, 0.1) is 12.6 Å². The Labute approximate surface area is 160 Å². The van der Waals surface area contributed by atoms with E-state index in [-0.39, 0.29) is 17.8 Å². The number of fused-ring (bicyclic) bond motifs is 2. The van der Waals surface area contributed by atoms with Gasteiger partial charge in [-0.3, -0.25) is 4.79 Å². The molecule has 140 valence electrons. The van der Waals surface area contributed by atoms with Crippen LogP contribution in [0.2, 0.25) is 0 Å². The number of nitrogens with one attached hydrogen (secondary N) is 1. The highest BCUT2D eigenvalue weighted by Crippen LogP contribution is 2.28. The van der Waals surface area contributed by atoms with Crippen molar-refractivity contribution < 1.29 is 9.18 Å². The van der Waals surface area contributed by atoms with E-state index in [0.29, 0.717) is 30.0 Å². The van der Waals surface area contributed by atoms with Gasteiger partial charge in [-0.15, -0.1) is 0 Å². The summed E-state index contributed by atoms with van der Waals surface area (Å²) in [7, 11) is 0. The molecule has 7 heteroatoms. The maximum absolute atomic E-state index is 13.4. The smallest absolute Gasteiger partial charge is 0.270 e. The molecule has 1 aliphatic rings. The van der Waals surface area contributed by atoms with Crippen LogP contribution < -0.4 is 0 Å². The number of carbonyl (C=O) groups excluding carboxylic acids is 1. The third-order valence-corrected chi connectivity index (χ3v) is 5.20. The molecule has 0 unspecified atom stereocenters. The number of hydrogen-bond donors (Lipinski definition) is 1. The zero-order valence-electron chi connectivity index (χ0n) is 15.3. The molecule has 0 fully saturated rings. The molecule has 28 heavy (non-hydrogen) atoms. The van der Waals surface area contributed by atoms with Gasteiger partial charge in [0.1, 0.15) is 17.3 Å². The number of benzene rings is 2. The molecule has 0 aliphatic carbocycles. The van der Waals surface area contributed by atoms with Crippen LogP contribution in [-0.2, 0) is 6.54 Å². The predicted molar refractivity (Wildman–Crippen MR) is 103 cm³/mol. The molecule has 1 amide bonds. The van der Waals surface area contributed by atoms with Crippen LogP contribution in [-0.4, -0.2) is 37.1 Å². The lowest BCUT2D eigenvalue weighted by atomic mass is 10.2. The molecule has 1 atom stereocenters. The summed E-state index contributed by atoms with van der Waals surface area (Å²) in [4.78, 5) is 22.6. The third kappa shape index (κ3) is 2.67. The van der Waals surface area contributed by atoms with Gasteiger partial charge in [0.2, 0.25) is 0 Å². The predicted octanol–water partition coefficient (Wildman–Crippen LogP) is 3.78. The molecule has 2 aromatic heterocycles. The van der Waals surface area contributed by atoms with Crippen LogP contribution in [0.25, 0.3) is 22.3 Å². The van der Waals surface area contributed by atoms with Gasteiger partial charge < -0.3 is 9.88 Å². The number of halogens is 1. The normalized spacial score (nSPS) is 16.4. The molecular weight excluding hydrogens is 357 g/mol. The van der Waals surface area contributed by atoms with E-state index in [1.807, 2.05) is 41.9 Å². The van der Waals surface area contributed by atoms with Crippen molar-refractivity contribution in [3.63, 3.8) is 0 Å². The van der Waals surface area contributed by atoms with Gasteiger partial charge in [0.15, 0.2) is 5.82 Å². The Hall–Kier alpha value is -3.48. The molecular formula is C21H18FN5O. The Morgan fingerprint density at radius 1 is 1.14 bits per heavy atom. The standard InChI is InChI=1S/C21H18FN5O/c1-13-20-24-19(14-5-3-2-4-6-14)25-27(20)10-9-26(13)21(28)18-12-15-11-16(22)7-8-17(15)23-18/h2-8,11-13,23H,9-10H2,1H3/t13-/m0/s1. The number of rotatable bonds is 2. The molecule has 2 aromatic carbocycles. The van der Waals surface area contributed by atoms with E-state index >= 15 is 0 Å². The fraction of sp³-hybridized carbons (Fsp3) is 0.190. The Kier molecular flexibility index (Phi) is 3.75. The van der Waals surface area contributed by atoms with E-state index in [1.54, 1.807) is 17.0 Å². The van der Waals surface area contributed by atoms with E-state index in [9.17, 15) is 9.18 Å². The monoisotopic (exact) mass is 375 g/mol. The van der Waals surface area contributed by atoms with Crippen molar-refractivity contribution in [1.82, 2.24) is 24.6 Å². The highest BCUT2D eigenvalue weighted by Gasteiger charge is 2.32. The number of H-pyrrole nitrogens is 1. The second-order valence-electron chi connectivity index (χ2n) is 6.97. The van der Waals surface area contributed by atoms with Crippen molar-refractivity contribution in [2.24, 2.45) is 0 Å². The second kappa shape index (κ2) is 6.30. The number of aromatic nitrogens is 4. The highest BCUT2D eigenvalue weighted by atomic mass is 19.1. The first-order valence-electron chi connectivity index (χ1n) is 9.19. The maximum Gasteiger partial charge on any atom is 0.270 e. The minimum absolute atomic E-state index is 0.125. The Balaban J connectivity index is 1.46. The Bertz CT molecular complexity index is 1180. The van der Waals surface area contributed by atoms with Crippen LogP contribution in [0, 0.1) is 5.82 Å². The van der Waals surface area contributed by atoms with Gasteiger partial charge >= 0.3 is 0 Å². The summed E-state index contributed by atoms with van der Waals surface area (Å²) in [6, 6.07) is 15.7. The zero-order valence-corrected chi connectivity index (χ0v) is 15.3. The number of amides is 1. The fourth-order valence-corrected chi connectivity index (χ4v) is 3.72. The molecule has 0 spiro atoms. The molecule has 6 nitrogen and oxygen atoms in total. The summed E-state index contributed by atoms with van der Waals surface area (Å²) in [6.07, 6.45) is 0. The fourth-order valence-electron chi connectivity index (χ4n) is 3.72. The lowest BCUT2D eigenvalue weighted by Crippen LogP contribution is -2.41. The Morgan fingerprint density at radius 3 is 2.79 bits per heavy atom. The average molecular weight is 375 g/mol. The topological polar surface area (TPSA) is 66.8 Å². The van der Waals surface area contributed by atoms with Crippen molar-refractivity contribution in [2.45, 2.75) is 19.5 Å². The minimum atomic E-state index is -0.321. The molecule has 1 aliphatic heterocycles.